The number of carboxylic acids is 1. The molecule has 0 saturated carbocycles. The van der Waals surface area contributed by atoms with E-state index < -0.39 is 5.97 Å². The third-order valence-corrected chi connectivity index (χ3v) is 7.59. The SMILES string of the molecule is C#CCCCCCSCCCC[C@@H]1[C@H](C/C=C\CCCC(=O)O)[C@H]2O[C@@H]1[C@H]1O[C@H]12. The molecule has 0 aliphatic carbocycles. The number of terminal acetylenes is 1. The minimum Gasteiger partial charge on any atom is -0.481 e. The van der Waals surface area contributed by atoms with Crippen LogP contribution in [0.3, 0.4) is 0 Å². The van der Waals surface area contributed by atoms with E-state index in [2.05, 4.69) is 29.8 Å². The molecule has 4 nitrogen and oxygen atoms in total. The first kappa shape index (κ1) is 22.7. The maximum Gasteiger partial charge on any atom is 0.303 e. The number of carbonyl (C=O) groups is 1. The maximum absolute atomic E-state index is 10.6. The topological polar surface area (TPSA) is 59.1 Å². The summed E-state index contributed by atoms with van der Waals surface area (Å²) in [4.78, 5) is 10.6. The Morgan fingerprint density at radius 1 is 0.931 bits per heavy atom. The standard InChI is InChI=1S/C24H36O4S/c1-2-3-4-7-11-16-29-17-12-10-14-19-18(13-8-5-6-9-15-20(25)26)21-23-24(28-23)22(19)27-21/h1,5,8,18-19,21-24H,3-4,6-7,9-17H2,(H,25,26)/b8-5-/t18-,19+,21+,22-,23-,24+/m0/s1. The number of allylic oxidation sites excluding steroid dienone is 2. The fourth-order valence-corrected chi connectivity index (χ4v) is 5.92. The zero-order valence-electron chi connectivity index (χ0n) is 17.5. The number of rotatable bonds is 16. The average molecular weight is 421 g/mol. The van der Waals surface area contributed by atoms with E-state index in [9.17, 15) is 4.79 Å². The van der Waals surface area contributed by atoms with Crippen LogP contribution in [-0.4, -0.2) is 47.0 Å². The zero-order chi connectivity index (χ0) is 20.5. The Morgan fingerprint density at radius 3 is 2.41 bits per heavy atom. The van der Waals surface area contributed by atoms with Crippen molar-refractivity contribution in [1.29, 1.82) is 0 Å². The van der Waals surface area contributed by atoms with Crippen molar-refractivity contribution in [3.8, 4) is 12.3 Å². The van der Waals surface area contributed by atoms with E-state index in [0.717, 1.165) is 25.7 Å². The van der Waals surface area contributed by atoms with Crippen LogP contribution in [0.1, 0.15) is 70.6 Å². The predicted octanol–water partition coefficient (Wildman–Crippen LogP) is 5.07. The van der Waals surface area contributed by atoms with Gasteiger partial charge in [-0.3, -0.25) is 4.79 Å². The van der Waals surface area contributed by atoms with Crippen molar-refractivity contribution in [3.63, 3.8) is 0 Å². The zero-order valence-corrected chi connectivity index (χ0v) is 18.3. The third-order valence-electron chi connectivity index (χ3n) is 6.44. The molecule has 2 bridgehead atoms. The molecule has 0 aromatic rings. The van der Waals surface area contributed by atoms with Crippen LogP contribution >= 0.6 is 11.8 Å². The molecule has 3 heterocycles. The third kappa shape index (κ3) is 6.77. The van der Waals surface area contributed by atoms with Gasteiger partial charge >= 0.3 is 5.97 Å². The lowest BCUT2D eigenvalue weighted by Gasteiger charge is -2.25. The molecule has 5 heteroatoms. The highest BCUT2D eigenvalue weighted by Gasteiger charge is 2.68. The molecule has 3 rings (SSSR count). The molecule has 1 N–H and O–H groups in total. The summed E-state index contributed by atoms with van der Waals surface area (Å²) in [6.45, 7) is 0. The lowest BCUT2D eigenvalue weighted by Crippen LogP contribution is -2.32. The summed E-state index contributed by atoms with van der Waals surface area (Å²) >= 11 is 2.08. The molecular weight excluding hydrogens is 384 g/mol. The first-order chi connectivity index (χ1) is 14.2. The van der Waals surface area contributed by atoms with Gasteiger partial charge in [-0.15, -0.1) is 12.3 Å². The number of thioether (sulfide) groups is 1. The quantitative estimate of drug-likeness (QED) is 0.164. The molecule has 0 spiro atoms. The molecule has 29 heavy (non-hydrogen) atoms. The Kier molecular flexibility index (Phi) is 9.42. The van der Waals surface area contributed by atoms with Crippen molar-refractivity contribution in [2.45, 2.75) is 95.0 Å². The van der Waals surface area contributed by atoms with Crippen LogP contribution in [0.15, 0.2) is 12.2 Å². The van der Waals surface area contributed by atoms with Gasteiger partial charge in [-0.25, -0.2) is 0 Å². The maximum atomic E-state index is 10.6. The number of ether oxygens (including phenoxy) is 2. The van der Waals surface area contributed by atoms with Crippen LogP contribution in [-0.2, 0) is 14.3 Å². The number of hydrogen-bond acceptors (Lipinski definition) is 4. The number of carboxylic acid groups (broad SMARTS) is 1. The minimum atomic E-state index is -0.709. The van der Waals surface area contributed by atoms with Crippen molar-refractivity contribution < 1.29 is 19.4 Å². The Morgan fingerprint density at radius 2 is 1.66 bits per heavy atom. The average Bonchev–Trinajstić information content (AvgIpc) is 3.33. The van der Waals surface area contributed by atoms with Crippen LogP contribution in [0, 0.1) is 24.2 Å². The summed E-state index contributed by atoms with van der Waals surface area (Å²) in [5, 5.41) is 8.71. The normalized spacial score (nSPS) is 31.8. The molecule has 3 saturated heterocycles. The minimum absolute atomic E-state index is 0.255. The van der Waals surface area contributed by atoms with Gasteiger partial charge in [-0.2, -0.15) is 11.8 Å². The van der Waals surface area contributed by atoms with E-state index in [-0.39, 0.29) is 12.5 Å². The van der Waals surface area contributed by atoms with E-state index in [4.69, 9.17) is 21.0 Å². The summed E-state index contributed by atoms with van der Waals surface area (Å²) < 4.78 is 12.1. The molecule has 0 aromatic carbocycles. The van der Waals surface area contributed by atoms with Crippen LogP contribution in [0.5, 0.6) is 0 Å². The molecule has 6 atom stereocenters. The molecule has 0 unspecified atom stereocenters. The van der Waals surface area contributed by atoms with Crippen molar-refractivity contribution in [3.05, 3.63) is 12.2 Å². The van der Waals surface area contributed by atoms with Gasteiger partial charge in [0.05, 0.1) is 12.2 Å². The second-order valence-electron chi connectivity index (χ2n) is 8.57. The predicted molar refractivity (Wildman–Crippen MR) is 118 cm³/mol. The molecule has 0 radical (unpaired) electrons. The van der Waals surface area contributed by atoms with E-state index in [1.807, 2.05) is 0 Å². The fourth-order valence-electron chi connectivity index (χ4n) is 4.90. The van der Waals surface area contributed by atoms with Gasteiger partial charge in [0.25, 0.3) is 0 Å². The number of epoxide rings is 1. The summed E-state index contributed by atoms with van der Waals surface area (Å²) in [6.07, 6.45) is 22.3. The van der Waals surface area contributed by atoms with Gasteiger partial charge in [-0.05, 0) is 68.3 Å². The van der Waals surface area contributed by atoms with E-state index in [1.165, 1.54) is 50.0 Å². The highest BCUT2D eigenvalue weighted by Crippen LogP contribution is 2.56. The Balaban J connectivity index is 1.29. The van der Waals surface area contributed by atoms with Crippen LogP contribution in [0.25, 0.3) is 0 Å². The van der Waals surface area contributed by atoms with Gasteiger partial charge in [-0.1, -0.05) is 25.0 Å². The number of aliphatic carboxylic acids is 1. The molecule has 0 amide bonds. The summed E-state index contributed by atoms with van der Waals surface area (Å²) in [6, 6.07) is 0. The second kappa shape index (κ2) is 12.0. The highest BCUT2D eigenvalue weighted by molar-refractivity contribution is 7.99. The van der Waals surface area contributed by atoms with Crippen molar-refractivity contribution in [2.75, 3.05) is 11.5 Å². The molecule has 3 aliphatic rings. The number of fused-ring (bicyclic) bond motifs is 5. The van der Waals surface area contributed by atoms with E-state index in [0.29, 0.717) is 30.1 Å². The van der Waals surface area contributed by atoms with Crippen LogP contribution in [0.2, 0.25) is 0 Å². The van der Waals surface area contributed by atoms with Gasteiger partial charge in [0.15, 0.2) is 0 Å². The summed E-state index contributed by atoms with van der Waals surface area (Å²) in [7, 11) is 0. The Bertz CT molecular complexity index is 584. The van der Waals surface area contributed by atoms with E-state index in [1.54, 1.807) is 0 Å². The molecule has 162 valence electrons. The smallest absolute Gasteiger partial charge is 0.303 e. The number of hydrogen-bond donors (Lipinski definition) is 1. The van der Waals surface area contributed by atoms with Crippen LogP contribution in [0.4, 0.5) is 0 Å². The van der Waals surface area contributed by atoms with Crippen molar-refractivity contribution >= 4 is 17.7 Å². The van der Waals surface area contributed by atoms with Gasteiger partial charge in [0.1, 0.15) is 12.2 Å². The monoisotopic (exact) mass is 420 g/mol. The number of unbranched alkanes of at least 4 members (excludes halogenated alkanes) is 5. The molecule has 3 aliphatic heterocycles. The molecular formula is C24H36O4S. The molecule has 0 aromatic heterocycles. The summed E-state index contributed by atoms with van der Waals surface area (Å²) in [5.74, 6) is 5.71. The van der Waals surface area contributed by atoms with Gasteiger partial charge < -0.3 is 14.6 Å². The Labute approximate surface area is 180 Å². The largest absolute Gasteiger partial charge is 0.481 e. The first-order valence-electron chi connectivity index (χ1n) is 11.4. The van der Waals surface area contributed by atoms with Crippen molar-refractivity contribution in [2.24, 2.45) is 11.8 Å². The summed E-state index contributed by atoms with van der Waals surface area (Å²) in [5.41, 5.74) is 0. The first-order valence-corrected chi connectivity index (χ1v) is 12.6. The fraction of sp³-hybridized carbons (Fsp3) is 0.792. The molecule has 3 fully saturated rings. The van der Waals surface area contributed by atoms with Crippen LogP contribution < -0.4 is 0 Å². The second-order valence-corrected chi connectivity index (χ2v) is 9.80. The van der Waals surface area contributed by atoms with Crippen molar-refractivity contribution in [1.82, 2.24) is 0 Å². The Hall–Kier alpha value is -0.960. The van der Waals surface area contributed by atoms with Gasteiger partial charge in [0.2, 0.25) is 0 Å². The highest BCUT2D eigenvalue weighted by atomic mass is 32.2. The lowest BCUT2D eigenvalue weighted by atomic mass is 9.75. The lowest BCUT2D eigenvalue weighted by molar-refractivity contribution is -0.137. The van der Waals surface area contributed by atoms with E-state index >= 15 is 0 Å². The van der Waals surface area contributed by atoms with Gasteiger partial charge in [0, 0.05) is 12.8 Å².